The van der Waals surface area contributed by atoms with Gasteiger partial charge in [0.2, 0.25) is 11.8 Å². The summed E-state index contributed by atoms with van der Waals surface area (Å²) in [5, 5.41) is 9.46. The van der Waals surface area contributed by atoms with Crippen molar-refractivity contribution in [2.24, 2.45) is 0 Å². The van der Waals surface area contributed by atoms with Crippen LogP contribution in [0.25, 0.3) is 11.4 Å². The van der Waals surface area contributed by atoms with Gasteiger partial charge in [0.15, 0.2) is 0 Å². The molecule has 0 unspecified atom stereocenters. The van der Waals surface area contributed by atoms with E-state index in [0.717, 1.165) is 5.56 Å². The van der Waals surface area contributed by atoms with E-state index in [9.17, 15) is 9.59 Å². The van der Waals surface area contributed by atoms with Crippen LogP contribution in [0.1, 0.15) is 15.9 Å². The van der Waals surface area contributed by atoms with Gasteiger partial charge in [-0.1, -0.05) is 41.6 Å². The van der Waals surface area contributed by atoms with Crippen molar-refractivity contribution in [2.45, 2.75) is 6.42 Å². The number of anilines is 2. The van der Waals surface area contributed by atoms with E-state index in [-0.39, 0.29) is 29.5 Å². The van der Waals surface area contributed by atoms with Crippen LogP contribution in [0, 0.1) is 0 Å². The Hall–Kier alpha value is -4.46. The number of ether oxygens (including phenoxy) is 1. The number of pyridine rings is 1. The molecule has 0 bridgehead atoms. The molecule has 0 saturated carbocycles. The van der Waals surface area contributed by atoms with Gasteiger partial charge in [0.05, 0.1) is 19.2 Å². The highest BCUT2D eigenvalue weighted by molar-refractivity contribution is 6.12. The predicted octanol–water partition coefficient (Wildman–Crippen LogP) is 4.18. The van der Waals surface area contributed by atoms with E-state index in [0.29, 0.717) is 17.1 Å². The molecule has 0 saturated heterocycles. The van der Waals surface area contributed by atoms with Crippen molar-refractivity contribution in [3.05, 3.63) is 90.1 Å². The number of carbonyl (C=O) groups is 2. The molecule has 32 heavy (non-hydrogen) atoms. The zero-order valence-electron chi connectivity index (χ0n) is 17.2. The van der Waals surface area contributed by atoms with E-state index in [4.69, 9.17) is 9.26 Å². The van der Waals surface area contributed by atoms with Crippen LogP contribution in [0.4, 0.5) is 11.6 Å². The summed E-state index contributed by atoms with van der Waals surface area (Å²) in [6, 6.07) is 21.4. The summed E-state index contributed by atoms with van der Waals surface area (Å²) in [4.78, 5) is 30.0. The molecule has 2 amide bonds. The van der Waals surface area contributed by atoms with E-state index < -0.39 is 5.91 Å². The van der Waals surface area contributed by atoms with Crippen molar-refractivity contribution in [2.75, 3.05) is 17.7 Å². The number of nitrogens with zero attached hydrogens (tertiary/aromatic N) is 2. The normalized spacial score (nSPS) is 10.4. The SMILES string of the molecule is COc1ccc(NC(=O)c2c(-c3ccccn3)noc2NC(=O)Cc2ccccc2)cc1. The molecular formula is C24H20N4O4. The summed E-state index contributed by atoms with van der Waals surface area (Å²) in [7, 11) is 1.56. The average Bonchev–Trinajstić information content (AvgIpc) is 3.24. The zero-order chi connectivity index (χ0) is 22.3. The van der Waals surface area contributed by atoms with Crippen LogP contribution in [-0.4, -0.2) is 29.1 Å². The first-order valence-corrected chi connectivity index (χ1v) is 9.84. The molecule has 2 N–H and O–H groups in total. The minimum absolute atomic E-state index is 0.0439. The van der Waals surface area contributed by atoms with Crippen LogP contribution < -0.4 is 15.4 Å². The van der Waals surface area contributed by atoms with Gasteiger partial charge in [-0.05, 0) is 42.0 Å². The quantitative estimate of drug-likeness (QED) is 0.457. The lowest BCUT2D eigenvalue weighted by atomic mass is 10.1. The Labute approximate surface area is 184 Å². The second kappa shape index (κ2) is 9.57. The van der Waals surface area contributed by atoms with E-state index in [2.05, 4.69) is 20.8 Å². The van der Waals surface area contributed by atoms with E-state index in [1.807, 2.05) is 30.3 Å². The van der Waals surface area contributed by atoms with Crippen LogP contribution in [0.15, 0.2) is 83.5 Å². The fraction of sp³-hybridized carbons (Fsp3) is 0.0833. The van der Waals surface area contributed by atoms with E-state index >= 15 is 0 Å². The Morgan fingerprint density at radius 1 is 0.938 bits per heavy atom. The van der Waals surface area contributed by atoms with Crippen molar-refractivity contribution in [3.63, 3.8) is 0 Å². The maximum absolute atomic E-state index is 13.2. The van der Waals surface area contributed by atoms with Gasteiger partial charge in [-0.3, -0.25) is 19.9 Å². The van der Waals surface area contributed by atoms with Gasteiger partial charge >= 0.3 is 0 Å². The molecule has 2 heterocycles. The molecule has 0 aliphatic rings. The topological polar surface area (TPSA) is 106 Å². The van der Waals surface area contributed by atoms with Gasteiger partial charge in [0.25, 0.3) is 5.91 Å². The van der Waals surface area contributed by atoms with Crippen LogP contribution >= 0.6 is 0 Å². The van der Waals surface area contributed by atoms with Gasteiger partial charge in [0.1, 0.15) is 17.0 Å². The molecule has 0 spiro atoms. The molecule has 0 radical (unpaired) electrons. The van der Waals surface area contributed by atoms with Crippen molar-refractivity contribution in [3.8, 4) is 17.1 Å². The third kappa shape index (κ3) is 4.81. The Kier molecular flexibility index (Phi) is 6.22. The summed E-state index contributed by atoms with van der Waals surface area (Å²) >= 11 is 0. The molecule has 8 nitrogen and oxygen atoms in total. The van der Waals surface area contributed by atoms with Crippen molar-refractivity contribution in [1.82, 2.24) is 10.1 Å². The summed E-state index contributed by atoms with van der Waals surface area (Å²) in [5.74, 6) is -0.209. The number of hydrogen-bond donors (Lipinski definition) is 2. The summed E-state index contributed by atoms with van der Waals surface area (Å²) < 4.78 is 10.5. The molecule has 0 aliphatic heterocycles. The van der Waals surface area contributed by atoms with Crippen molar-refractivity contribution < 1.29 is 18.8 Å². The lowest BCUT2D eigenvalue weighted by Crippen LogP contribution is -2.19. The highest BCUT2D eigenvalue weighted by Gasteiger charge is 2.26. The van der Waals surface area contributed by atoms with Gasteiger partial charge in [0, 0.05) is 11.9 Å². The number of hydrogen-bond acceptors (Lipinski definition) is 6. The average molecular weight is 428 g/mol. The van der Waals surface area contributed by atoms with Crippen LogP contribution in [0.3, 0.4) is 0 Å². The molecule has 4 aromatic rings. The van der Waals surface area contributed by atoms with Crippen LogP contribution in [0.2, 0.25) is 0 Å². The molecular weight excluding hydrogens is 408 g/mol. The maximum atomic E-state index is 13.2. The molecule has 2 aromatic carbocycles. The number of benzene rings is 2. The third-order valence-electron chi connectivity index (χ3n) is 4.64. The minimum Gasteiger partial charge on any atom is -0.497 e. The van der Waals surface area contributed by atoms with Crippen LogP contribution in [-0.2, 0) is 11.2 Å². The second-order valence-corrected chi connectivity index (χ2v) is 6.84. The number of amides is 2. The van der Waals surface area contributed by atoms with Crippen molar-refractivity contribution >= 4 is 23.4 Å². The smallest absolute Gasteiger partial charge is 0.263 e. The fourth-order valence-electron chi connectivity index (χ4n) is 3.08. The largest absolute Gasteiger partial charge is 0.497 e. The third-order valence-corrected chi connectivity index (χ3v) is 4.64. The van der Waals surface area contributed by atoms with Gasteiger partial charge < -0.3 is 14.6 Å². The van der Waals surface area contributed by atoms with E-state index in [1.165, 1.54) is 0 Å². The van der Waals surface area contributed by atoms with E-state index in [1.54, 1.807) is 55.8 Å². The fourth-order valence-corrected chi connectivity index (χ4v) is 3.08. The summed E-state index contributed by atoms with van der Waals surface area (Å²) in [5.41, 5.74) is 2.14. The number of nitrogens with one attached hydrogen (secondary N) is 2. The van der Waals surface area contributed by atoms with Gasteiger partial charge in [-0.25, -0.2) is 0 Å². The van der Waals surface area contributed by atoms with Crippen molar-refractivity contribution in [1.29, 1.82) is 0 Å². The Bertz CT molecular complexity index is 1210. The monoisotopic (exact) mass is 428 g/mol. The number of rotatable bonds is 7. The number of carbonyl (C=O) groups excluding carboxylic acids is 2. The van der Waals surface area contributed by atoms with Crippen LogP contribution in [0.5, 0.6) is 5.75 Å². The minimum atomic E-state index is -0.493. The molecule has 160 valence electrons. The van der Waals surface area contributed by atoms with Gasteiger partial charge in [-0.2, -0.15) is 0 Å². The zero-order valence-corrected chi connectivity index (χ0v) is 17.2. The Morgan fingerprint density at radius 3 is 2.38 bits per heavy atom. The first kappa shape index (κ1) is 20.8. The molecule has 4 rings (SSSR count). The molecule has 0 fully saturated rings. The highest BCUT2D eigenvalue weighted by Crippen LogP contribution is 2.29. The highest BCUT2D eigenvalue weighted by atomic mass is 16.5. The summed E-state index contributed by atoms with van der Waals surface area (Å²) in [6.45, 7) is 0. The molecule has 2 aromatic heterocycles. The lowest BCUT2D eigenvalue weighted by molar-refractivity contribution is -0.115. The lowest BCUT2D eigenvalue weighted by Gasteiger charge is -2.08. The Balaban J connectivity index is 1.62. The first-order valence-electron chi connectivity index (χ1n) is 9.84. The first-order chi connectivity index (χ1) is 15.6. The number of aromatic nitrogens is 2. The maximum Gasteiger partial charge on any atom is 0.263 e. The second-order valence-electron chi connectivity index (χ2n) is 6.84. The number of methoxy groups -OCH3 is 1. The summed E-state index contributed by atoms with van der Waals surface area (Å²) in [6.07, 6.45) is 1.71. The molecule has 0 aliphatic carbocycles. The van der Waals surface area contributed by atoms with Gasteiger partial charge in [-0.15, -0.1) is 0 Å². The Morgan fingerprint density at radius 2 is 1.69 bits per heavy atom. The molecule has 0 atom stereocenters. The standard InChI is InChI=1S/C24H20N4O4/c1-31-18-12-10-17(11-13-18)26-23(30)21-22(19-9-5-6-14-25-19)28-32-24(21)27-20(29)15-16-7-3-2-4-8-16/h2-14H,15H2,1H3,(H,26,30)(H,27,29). The molecule has 8 heteroatoms. The predicted molar refractivity (Wildman–Crippen MR) is 119 cm³/mol.